The first kappa shape index (κ1) is 15.9. The fraction of sp³-hybridized carbons (Fsp3) is 0.733. The van der Waals surface area contributed by atoms with E-state index in [1.54, 1.807) is 0 Å². The molecule has 1 heterocycles. The van der Waals surface area contributed by atoms with Crippen LogP contribution in [0, 0.1) is 0 Å². The van der Waals surface area contributed by atoms with Crippen molar-refractivity contribution in [2.45, 2.75) is 56.7 Å². The van der Waals surface area contributed by atoms with Gasteiger partial charge in [-0.25, -0.2) is 0 Å². The van der Waals surface area contributed by atoms with E-state index in [9.17, 15) is 0 Å². The summed E-state index contributed by atoms with van der Waals surface area (Å²) in [5.74, 6) is 1.26. The molecule has 1 aliphatic carbocycles. The van der Waals surface area contributed by atoms with Crippen molar-refractivity contribution in [3.8, 4) is 0 Å². The van der Waals surface area contributed by atoms with Gasteiger partial charge in [0.05, 0.1) is 3.79 Å². The van der Waals surface area contributed by atoms with Crippen molar-refractivity contribution in [1.82, 2.24) is 5.32 Å². The Bertz CT molecular complexity index is 361. The standard InChI is InChI=1S/C15H24BrNS2/c1-2-17-12(10-14-8-9-15(16)19-14)11-18-13-6-4-3-5-7-13/h8-9,12-13,17H,2-7,10-11H2,1H3. The van der Waals surface area contributed by atoms with Crippen LogP contribution >= 0.6 is 39.0 Å². The Morgan fingerprint density at radius 2 is 2.16 bits per heavy atom. The van der Waals surface area contributed by atoms with E-state index in [1.807, 2.05) is 11.3 Å². The van der Waals surface area contributed by atoms with Gasteiger partial charge in [0.2, 0.25) is 0 Å². The van der Waals surface area contributed by atoms with E-state index in [0.717, 1.165) is 11.8 Å². The molecule has 0 bridgehead atoms. The van der Waals surface area contributed by atoms with Crippen LogP contribution in [0.4, 0.5) is 0 Å². The Labute approximate surface area is 134 Å². The van der Waals surface area contributed by atoms with Crippen LogP contribution in [-0.2, 0) is 6.42 Å². The molecule has 4 heteroatoms. The highest BCUT2D eigenvalue weighted by molar-refractivity contribution is 9.11. The Balaban J connectivity index is 1.78. The zero-order chi connectivity index (χ0) is 13.5. The molecule has 0 aromatic carbocycles. The zero-order valence-electron chi connectivity index (χ0n) is 11.7. The van der Waals surface area contributed by atoms with Gasteiger partial charge in [-0.3, -0.25) is 0 Å². The minimum absolute atomic E-state index is 0.627. The van der Waals surface area contributed by atoms with Crippen LogP contribution in [0.3, 0.4) is 0 Å². The molecule has 1 unspecified atom stereocenters. The molecule has 0 spiro atoms. The van der Waals surface area contributed by atoms with Crippen LogP contribution in [0.5, 0.6) is 0 Å². The molecule has 1 aromatic heterocycles. The average molecular weight is 362 g/mol. The van der Waals surface area contributed by atoms with Gasteiger partial charge >= 0.3 is 0 Å². The van der Waals surface area contributed by atoms with Crippen molar-refractivity contribution in [2.24, 2.45) is 0 Å². The lowest BCUT2D eigenvalue weighted by Crippen LogP contribution is -2.33. The highest BCUT2D eigenvalue weighted by atomic mass is 79.9. The summed E-state index contributed by atoms with van der Waals surface area (Å²) in [6, 6.07) is 5.05. The Hall–Kier alpha value is 0.490. The number of hydrogen-bond acceptors (Lipinski definition) is 3. The van der Waals surface area contributed by atoms with Gasteiger partial charge in [0.15, 0.2) is 0 Å². The summed E-state index contributed by atoms with van der Waals surface area (Å²) < 4.78 is 1.25. The summed E-state index contributed by atoms with van der Waals surface area (Å²) >= 11 is 7.63. The second kappa shape index (κ2) is 8.71. The maximum absolute atomic E-state index is 3.65. The summed E-state index contributed by atoms with van der Waals surface area (Å²) in [7, 11) is 0. The van der Waals surface area contributed by atoms with Crippen LogP contribution in [-0.4, -0.2) is 23.6 Å². The fourth-order valence-corrected chi connectivity index (χ4v) is 5.64. The molecule has 19 heavy (non-hydrogen) atoms. The summed E-state index contributed by atoms with van der Waals surface area (Å²) in [5.41, 5.74) is 0. The molecule has 0 aliphatic heterocycles. The number of thioether (sulfide) groups is 1. The van der Waals surface area contributed by atoms with Gasteiger partial charge in [-0.2, -0.15) is 11.8 Å². The Morgan fingerprint density at radius 1 is 1.37 bits per heavy atom. The second-order valence-electron chi connectivity index (χ2n) is 5.26. The number of nitrogens with one attached hydrogen (secondary N) is 1. The van der Waals surface area contributed by atoms with Gasteiger partial charge in [-0.05, 0) is 53.9 Å². The second-order valence-corrected chi connectivity index (χ2v) is 9.14. The van der Waals surface area contributed by atoms with Gasteiger partial charge in [-0.1, -0.05) is 26.2 Å². The van der Waals surface area contributed by atoms with Crippen LogP contribution in [0.15, 0.2) is 15.9 Å². The van der Waals surface area contributed by atoms with Crippen LogP contribution in [0.25, 0.3) is 0 Å². The van der Waals surface area contributed by atoms with E-state index < -0.39 is 0 Å². The number of thiophene rings is 1. The fourth-order valence-electron chi connectivity index (χ4n) is 2.67. The number of hydrogen-bond donors (Lipinski definition) is 1. The minimum atomic E-state index is 0.627. The SMILES string of the molecule is CCNC(CSC1CCCCC1)Cc1ccc(Br)s1. The molecular weight excluding hydrogens is 338 g/mol. The quantitative estimate of drug-likeness (QED) is 0.724. The third-order valence-corrected chi connectivity index (χ3v) is 6.84. The van der Waals surface area contributed by atoms with E-state index in [4.69, 9.17) is 0 Å². The number of rotatable bonds is 7. The van der Waals surface area contributed by atoms with E-state index in [0.29, 0.717) is 6.04 Å². The normalized spacial score (nSPS) is 18.6. The predicted octanol–water partition coefficient (Wildman–Crippen LogP) is 5.10. The largest absolute Gasteiger partial charge is 0.313 e. The monoisotopic (exact) mass is 361 g/mol. The van der Waals surface area contributed by atoms with E-state index in [-0.39, 0.29) is 0 Å². The molecule has 1 saturated carbocycles. The van der Waals surface area contributed by atoms with Crippen molar-refractivity contribution in [1.29, 1.82) is 0 Å². The summed E-state index contributed by atoms with van der Waals surface area (Å²) in [6.07, 6.45) is 8.39. The molecule has 0 saturated heterocycles. The van der Waals surface area contributed by atoms with Crippen molar-refractivity contribution >= 4 is 39.0 Å². The maximum atomic E-state index is 3.65. The lowest BCUT2D eigenvalue weighted by atomic mass is 10.0. The lowest BCUT2D eigenvalue weighted by molar-refractivity contribution is 0.513. The first-order valence-electron chi connectivity index (χ1n) is 7.37. The van der Waals surface area contributed by atoms with Gasteiger partial charge in [0, 0.05) is 21.9 Å². The summed E-state index contributed by atoms with van der Waals surface area (Å²) in [6.45, 7) is 3.28. The first-order valence-corrected chi connectivity index (χ1v) is 10.0. The Morgan fingerprint density at radius 3 is 2.79 bits per heavy atom. The van der Waals surface area contributed by atoms with E-state index in [2.05, 4.69) is 52.1 Å². The maximum Gasteiger partial charge on any atom is 0.0701 e. The minimum Gasteiger partial charge on any atom is -0.313 e. The molecule has 108 valence electrons. The van der Waals surface area contributed by atoms with Crippen LogP contribution in [0.2, 0.25) is 0 Å². The van der Waals surface area contributed by atoms with Crippen LogP contribution in [0.1, 0.15) is 43.9 Å². The molecule has 2 rings (SSSR count). The molecule has 1 nitrogen and oxygen atoms in total. The number of halogens is 1. The third kappa shape index (κ3) is 5.78. The molecule has 1 aromatic rings. The van der Waals surface area contributed by atoms with Crippen molar-refractivity contribution in [3.05, 3.63) is 20.8 Å². The van der Waals surface area contributed by atoms with Gasteiger partial charge in [-0.15, -0.1) is 11.3 Å². The molecule has 0 radical (unpaired) electrons. The topological polar surface area (TPSA) is 12.0 Å². The molecule has 1 N–H and O–H groups in total. The van der Waals surface area contributed by atoms with E-state index >= 15 is 0 Å². The van der Waals surface area contributed by atoms with Crippen molar-refractivity contribution in [3.63, 3.8) is 0 Å². The van der Waals surface area contributed by atoms with Crippen molar-refractivity contribution in [2.75, 3.05) is 12.3 Å². The smallest absolute Gasteiger partial charge is 0.0701 e. The Kier molecular flexibility index (Phi) is 7.27. The summed E-state index contributed by atoms with van der Waals surface area (Å²) in [4.78, 5) is 1.49. The first-order chi connectivity index (χ1) is 9.28. The van der Waals surface area contributed by atoms with Crippen LogP contribution < -0.4 is 5.32 Å². The van der Waals surface area contributed by atoms with Gasteiger partial charge in [0.25, 0.3) is 0 Å². The molecule has 1 atom stereocenters. The summed E-state index contributed by atoms with van der Waals surface area (Å²) in [5, 5.41) is 4.57. The van der Waals surface area contributed by atoms with E-state index in [1.165, 1.54) is 52.9 Å². The van der Waals surface area contributed by atoms with Gasteiger partial charge < -0.3 is 5.32 Å². The molecular formula is C15H24BrNS2. The zero-order valence-corrected chi connectivity index (χ0v) is 14.9. The number of likely N-dealkylation sites (N-methyl/N-ethyl adjacent to an activating group) is 1. The highest BCUT2D eigenvalue weighted by Crippen LogP contribution is 2.29. The van der Waals surface area contributed by atoms with Crippen molar-refractivity contribution < 1.29 is 0 Å². The predicted molar refractivity (Wildman–Crippen MR) is 92.5 cm³/mol. The van der Waals surface area contributed by atoms with Gasteiger partial charge in [0.1, 0.15) is 0 Å². The molecule has 1 aliphatic rings. The molecule has 0 amide bonds. The lowest BCUT2D eigenvalue weighted by Gasteiger charge is -2.24. The highest BCUT2D eigenvalue weighted by Gasteiger charge is 2.17. The average Bonchev–Trinajstić information content (AvgIpc) is 2.83. The molecule has 1 fully saturated rings. The third-order valence-electron chi connectivity index (χ3n) is 3.65.